The van der Waals surface area contributed by atoms with Gasteiger partial charge in [-0.3, -0.25) is 0 Å². The van der Waals surface area contributed by atoms with Crippen molar-refractivity contribution in [2.45, 2.75) is 6.54 Å². The Balaban J connectivity index is 2.31. The molecule has 1 heterocycles. The first-order valence-corrected chi connectivity index (χ1v) is 4.46. The highest BCUT2D eigenvalue weighted by atomic mass is 19.1. The molecule has 1 aromatic carbocycles. The van der Waals surface area contributed by atoms with Crippen LogP contribution in [0.1, 0.15) is 11.4 Å². The van der Waals surface area contributed by atoms with Crippen LogP contribution in [0.2, 0.25) is 0 Å². The number of halogens is 1. The van der Waals surface area contributed by atoms with Crippen molar-refractivity contribution < 1.29 is 4.39 Å². The molecule has 0 unspecified atom stereocenters. The van der Waals surface area contributed by atoms with Crippen LogP contribution in [0.25, 0.3) is 0 Å². The minimum Gasteiger partial charge on any atom is -0.318 e. The summed E-state index contributed by atoms with van der Waals surface area (Å²) in [6.07, 6.45) is 3.18. The zero-order valence-electron chi connectivity index (χ0n) is 7.89. The number of aromatic nitrogens is 2. The second-order valence-corrected chi connectivity index (χ2v) is 3.08. The van der Waals surface area contributed by atoms with E-state index in [1.165, 1.54) is 12.3 Å². The summed E-state index contributed by atoms with van der Waals surface area (Å²) in [6, 6.07) is 8.44. The van der Waals surface area contributed by atoms with Crippen molar-refractivity contribution in [2.24, 2.45) is 0 Å². The van der Waals surface area contributed by atoms with Crippen LogP contribution in [0.5, 0.6) is 0 Å². The van der Waals surface area contributed by atoms with E-state index in [9.17, 15) is 4.39 Å². The van der Waals surface area contributed by atoms with E-state index in [2.05, 4.69) is 4.98 Å². The van der Waals surface area contributed by atoms with E-state index in [0.29, 0.717) is 17.9 Å². The van der Waals surface area contributed by atoms with Crippen molar-refractivity contribution in [3.8, 4) is 6.07 Å². The molecule has 1 aromatic heterocycles. The maximum atomic E-state index is 13.3. The standard InChI is InChI=1S/C11H8FN3/c12-10-4-2-1-3-9(10)8-15-6-5-14-11(15)7-13/h1-6H,8H2. The molecule has 15 heavy (non-hydrogen) atoms. The first kappa shape index (κ1) is 9.41. The number of nitriles is 1. The molecular formula is C11H8FN3. The molecule has 3 nitrogen and oxygen atoms in total. The van der Waals surface area contributed by atoms with Gasteiger partial charge in [0.15, 0.2) is 0 Å². The van der Waals surface area contributed by atoms with E-state index in [4.69, 9.17) is 5.26 Å². The zero-order chi connectivity index (χ0) is 10.7. The Bertz CT molecular complexity index is 511. The van der Waals surface area contributed by atoms with Crippen molar-refractivity contribution in [3.05, 3.63) is 53.9 Å². The highest BCUT2D eigenvalue weighted by molar-refractivity contribution is 5.20. The van der Waals surface area contributed by atoms with Gasteiger partial charge in [-0.05, 0) is 6.07 Å². The minimum atomic E-state index is -0.268. The Hall–Kier alpha value is -2.15. The molecule has 0 bridgehead atoms. The topological polar surface area (TPSA) is 41.6 Å². The van der Waals surface area contributed by atoms with Crippen LogP contribution in [0.15, 0.2) is 36.7 Å². The Morgan fingerprint density at radius 3 is 2.93 bits per heavy atom. The molecule has 0 atom stereocenters. The predicted octanol–water partition coefficient (Wildman–Crippen LogP) is 1.94. The van der Waals surface area contributed by atoms with Crippen molar-refractivity contribution in [1.82, 2.24) is 9.55 Å². The van der Waals surface area contributed by atoms with Gasteiger partial charge in [0.05, 0.1) is 6.54 Å². The molecule has 0 N–H and O–H groups in total. The number of rotatable bonds is 2. The summed E-state index contributed by atoms with van der Waals surface area (Å²) in [7, 11) is 0. The fourth-order valence-electron chi connectivity index (χ4n) is 1.36. The van der Waals surface area contributed by atoms with Crippen LogP contribution in [0.3, 0.4) is 0 Å². The van der Waals surface area contributed by atoms with Gasteiger partial charge in [0.2, 0.25) is 5.82 Å². The van der Waals surface area contributed by atoms with Crippen molar-refractivity contribution in [2.75, 3.05) is 0 Å². The molecule has 2 rings (SSSR count). The van der Waals surface area contributed by atoms with Gasteiger partial charge >= 0.3 is 0 Å². The van der Waals surface area contributed by atoms with Crippen molar-refractivity contribution in [1.29, 1.82) is 5.26 Å². The van der Waals surface area contributed by atoms with Gasteiger partial charge in [-0.1, -0.05) is 18.2 Å². The Morgan fingerprint density at radius 2 is 2.20 bits per heavy atom. The third-order valence-electron chi connectivity index (χ3n) is 2.11. The molecule has 0 saturated heterocycles. The van der Waals surface area contributed by atoms with Gasteiger partial charge in [-0.25, -0.2) is 9.37 Å². The zero-order valence-corrected chi connectivity index (χ0v) is 7.89. The summed E-state index contributed by atoms with van der Waals surface area (Å²) in [4.78, 5) is 3.84. The monoisotopic (exact) mass is 201 g/mol. The fourth-order valence-corrected chi connectivity index (χ4v) is 1.36. The lowest BCUT2D eigenvalue weighted by molar-refractivity contribution is 0.598. The van der Waals surface area contributed by atoms with Gasteiger partial charge in [0.1, 0.15) is 11.9 Å². The lowest BCUT2D eigenvalue weighted by Gasteiger charge is -2.04. The SMILES string of the molecule is N#Cc1nccn1Cc1ccccc1F. The Morgan fingerprint density at radius 1 is 1.40 bits per heavy atom. The van der Waals surface area contributed by atoms with Gasteiger partial charge < -0.3 is 4.57 Å². The highest BCUT2D eigenvalue weighted by Crippen LogP contribution is 2.09. The fraction of sp³-hybridized carbons (Fsp3) is 0.0909. The number of benzene rings is 1. The minimum absolute atomic E-state index is 0.268. The number of hydrogen-bond acceptors (Lipinski definition) is 2. The van der Waals surface area contributed by atoms with Crippen LogP contribution in [0, 0.1) is 17.1 Å². The second-order valence-electron chi connectivity index (χ2n) is 3.08. The first-order valence-electron chi connectivity index (χ1n) is 4.46. The molecular weight excluding hydrogens is 193 g/mol. The van der Waals surface area contributed by atoms with Crippen molar-refractivity contribution in [3.63, 3.8) is 0 Å². The first-order chi connectivity index (χ1) is 7.31. The molecule has 2 aromatic rings. The number of imidazole rings is 1. The molecule has 0 aliphatic carbocycles. The van der Waals surface area contributed by atoms with Gasteiger partial charge in [-0.15, -0.1) is 0 Å². The summed E-state index contributed by atoms with van der Waals surface area (Å²) in [5.74, 6) is 0.0216. The summed E-state index contributed by atoms with van der Waals surface area (Å²) in [5.41, 5.74) is 0.548. The quantitative estimate of drug-likeness (QED) is 0.745. The molecule has 4 heteroatoms. The lowest BCUT2D eigenvalue weighted by Crippen LogP contribution is -2.03. The lowest BCUT2D eigenvalue weighted by atomic mass is 10.2. The second kappa shape index (κ2) is 3.93. The van der Waals surface area contributed by atoms with Crippen LogP contribution in [-0.4, -0.2) is 9.55 Å². The van der Waals surface area contributed by atoms with Crippen molar-refractivity contribution >= 4 is 0 Å². The maximum absolute atomic E-state index is 13.3. The highest BCUT2D eigenvalue weighted by Gasteiger charge is 2.05. The molecule has 0 aliphatic rings. The summed E-state index contributed by atoms with van der Waals surface area (Å²) >= 11 is 0. The van der Waals surface area contributed by atoms with Crippen LogP contribution in [-0.2, 0) is 6.54 Å². The molecule has 74 valence electrons. The van der Waals surface area contributed by atoms with Crippen LogP contribution < -0.4 is 0 Å². The molecule has 0 radical (unpaired) electrons. The van der Waals surface area contributed by atoms with Crippen LogP contribution >= 0.6 is 0 Å². The van der Waals surface area contributed by atoms with E-state index in [1.807, 2.05) is 6.07 Å². The van der Waals surface area contributed by atoms with Gasteiger partial charge in [0.25, 0.3) is 0 Å². The Kier molecular flexibility index (Phi) is 2.46. The van der Waals surface area contributed by atoms with E-state index < -0.39 is 0 Å². The van der Waals surface area contributed by atoms with E-state index in [-0.39, 0.29) is 5.82 Å². The van der Waals surface area contributed by atoms with Gasteiger partial charge in [-0.2, -0.15) is 5.26 Å². The van der Waals surface area contributed by atoms with Gasteiger partial charge in [0, 0.05) is 18.0 Å². The number of hydrogen-bond donors (Lipinski definition) is 0. The molecule has 0 amide bonds. The number of nitrogens with zero attached hydrogens (tertiary/aromatic N) is 3. The average Bonchev–Trinajstić information content (AvgIpc) is 2.69. The smallest absolute Gasteiger partial charge is 0.213 e. The summed E-state index contributed by atoms with van der Waals surface area (Å²) in [5, 5.41) is 8.73. The van der Waals surface area contributed by atoms with Crippen LogP contribution in [0.4, 0.5) is 4.39 Å². The largest absolute Gasteiger partial charge is 0.318 e. The van der Waals surface area contributed by atoms with E-state index in [1.54, 1.807) is 29.0 Å². The maximum Gasteiger partial charge on any atom is 0.213 e. The summed E-state index contributed by atoms with van der Waals surface area (Å²) in [6.45, 7) is 0.329. The third-order valence-corrected chi connectivity index (χ3v) is 2.11. The third kappa shape index (κ3) is 1.86. The Labute approximate surface area is 86.4 Å². The average molecular weight is 201 g/mol. The predicted molar refractivity (Wildman–Crippen MR) is 52.4 cm³/mol. The van der Waals surface area contributed by atoms with E-state index in [0.717, 1.165) is 0 Å². The molecule has 0 fully saturated rings. The molecule has 0 aliphatic heterocycles. The molecule has 0 saturated carbocycles. The summed E-state index contributed by atoms with van der Waals surface area (Å²) < 4.78 is 14.9. The normalized spacial score (nSPS) is 9.87. The molecule has 0 spiro atoms. The van der Waals surface area contributed by atoms with E-state index >= 15 is 0 Å².